The van der Waals surface area contributed by atoms with Gasteiger partial charge in [-0.05, 0) is 56.3 Å². The van der Waals surface area contributed by atoms with E-state index in [4.69, 9.17) is 32.4 Å². The van der Waals surface area contributed by atoms with E-state index < -0.39 is 0 Å². The summed E-state index contributed by atoms with van der Waals surface area (Å²) < 4.78 is 11.3. The average Bonchev–Trinajstić information content (AvgIpc) is 2.71. The zero-order chi connectivity index (χ0) is 21.3. The molecule has 0 aliphatic carbocycles. The number of methoxy groups -OCH3 is 1. The van der Waals surface area contributed by atoms with Crippen LogP contribution in [0.5, 0.6) is 5.75 Å². The highest BCUT2D eigenvalue weighted by Gasteiger charge is 2.11. The lowest BCUT2D eigenvalue weighted by atomic mass is 10.1. The van der Waals surface area contributed by atoms with E-state index in [0.717, 1.165) is 22.7 Å². The molecule has 0 saturated heterocycles. The van der Waals surface area contributed by atoms with Crippen LogP contribution >= 0.6 is 23.2 Å². The molecule has 0 atom stereocenters. The highest BCUT2D eigenvalue weighted by Crippen LogP contribution is 2.30. The van der Waals surface area contributed by atoms with Crippen LogP contribution < -0.4 is 15.5 Å². The molecule has 0 spiro atoms. The lowest BCUT2D eigenvalue weighted by Crippen LogP contribution is -2.09. The van der Waals surface area contributed by atoms with Gasteiger partial charge in [-0.3, -0.25) is 0 Å². The van der Waals surface area contributed by atoms with Crippen LogP contribution in [-0.4, -0.2) is 17.1 Å². The molecule has 8 heteroatoms. The Morgan fingerprint density at radius 2 is 1.67 bits per heavy atom. The molecule has 2 aromatic heterocycles. The van der Waals surface area contributed by atoms with Gasteiger partial charge in [-0.25, -0.2) is 15.4 Å². The Kier molecular flexibility index (Phi) is 5.61. The first kappa shape index (κ1) is 20.2. The summed E-state index contributed by atoms with van der Waals surface area (Å²) in [5, 5.41) is 6.65. The number of anilines is 1. The predicted octanol–water partition coefficient (Wildman–Crippen LogP) is 5.75. The molecule has 6 nitrogen and oxygen atoms in total. The van der Waals surface area contributed by atoms with Crippen LogP contribution in [0.4, 0.5) is 5.95 Å². The first-order chi connectivity index (χ1) is 14.4. The smallest absolute Gasteiger partial charge is 0.243 e. The molecular weight excluding hydrogens is 423 g/mol. The molecular formula is C22H18Cl2N4O2. The quantitative estimate of drug-likeness (QED) is 0.409. The van der Waals surface area contributed by atoms with Crippen LogP contribution in [0.25, 0.3) is 22.3 Å². The number of nitrogens with one attached hydrogen (secondary N) is 1. The van der Waals surface area contributed by atoms with Gasteiger partial charge in [0.05, 0.1) is 17.5 Å². The van der Waals surface area contributed by atoms with Gasteiger partial charge in [0.15, 0.2) is 5.58 Å². The standard InChI is InChI=1S/C22H18Cl2N4O2/c1-12-8-13(2)26-22(25-12)28-27-19-11-20(14-4-6-16(29-3)7-5-14)30-21-17(19)9-15(23)10-18(21)24/h4-11H,1-3H3,(H,25,26,28)/b27-19+. The number of fused-ring (bicyclic) bond motifs is 1. The van der Waals surface area contributed by atoms with Crippen molar-refractivity contribution in [3.63, 3.8) is 0 Å². The Morgan fingerprint density at radius 3 is 2.33 bits per heavy atom. The van der Waals surface area contributed by atoms with Gasteiger partial charge in [0.25, 0.3) is 0 Å². The molecule has 0 aliphatic rings. The number of halogens is 2. The van der Waals surface area contributed by atoms with Gasteiger partial charge in [-0.1, -0.05) is 23.2 Å². The number of hydrogen-bond acceptors (Lipinski definition) is 6. The maximum absolute atomic E-state index is 6.42. The number of rotatable bonds is 4. The van der Waals surface area contributed by atoms with Gasteiger partial charge in [0, 0.05) is 33.4 Å². The molecule has 4 aromatic rings. The van der Waals surface area contributed by atoms with Crippen LogP contribution in [0, 0.1) is 13.8 Å². The third-order valence-corrected chi connectivity index (χ3v) is 4.90. The minimum atomic E-state index is 0.395. The van der Waals surface area contributed by atoms with Crippen molar-refractivity contribution in [2.45, 2.75) is 13.8 Å². The summed E-state index contributed by atoms with van der Waals surface area (Å²) >= 11 is 12.6. The van der Waals surface area contributed by atoms with Crippen molar-refractivity contribution < 1.29 is 9.15 Å². The Morgan fingerprint density at radius 1 is 0.967 bits per heavy atom. The number of benzene rings is 2. The summed E-state index contributed by atoms with van der Waals surface area (Å²) in [6.45, 7) is 3.80. The lowest BCUT2D eigenvalue weighted by molar-refractivity contribution is 0.415. The highest BCUT2D eigenvalue weighted by molar-refractivity contribution is 6.38. The number of aromatic nitrogens is 2. The van der Waals surface area contributed by atoms with Crippen LogP contribution in [0.2, 0.25) is 10.0 Å². The third-order valence-electron chi connectivity index (χ3n) is 4.40. The monoisotopic (exact) mass is 440 g/mol. The second-order valence-corrected chi connectivity index (χ2v) is 7.53. The molecule has 2 aromatic carbocycles. The molecule has 152 valence electrons. The van der Waals surface area contributed by atoms with E-state index in [1.807, 2.05) is 50.2 Å². The number of hydrogen-bond donors (Lipinski definition) is 1. The fourth-order valence-electron chi connectivity index (χ4n) is 3.07. The normalized spacial score (nSPS) is 11.7. The Balaban J connectivity index is 1.89. The maximum atomic E-state index is 6.42. The molecule has 0 radical (unpaired) electrons. The highest BCUT2D eigenvalue weighted by atomic mass is 35.5. The SMILES string of the molecule is COc1ccc(-c2c/c(=N\Nc3nc(C)cc(C)n3)c3cc(Cl)cc(Cl)c3o2)cc1. The van der Waals surface area contributed by atoms with E-state index in [0.29, 0.717) is 38.1 Å². The van der Waals surface area contributed by atoms with E-state index in [1.54, 1.807) is 19.2 Å². The summed E-state index contributed by atoms with van der Waals surface area (Å²) in [5.74, 6) is 1.75. The van der Waals surface area contributed by atoms with Gasteiger partial charge in [-0.2, -0.15) is 5.10 Å². The summed E-state index contributed by atoms with van der Waals surface area (Å²) in [4.78, 5) is 8.72. The summed E-state index contributed by atoms with van der Waals surface area (Å²) in [7, 11) is 1.62. The van der Waals surface area contributed by atoms with Gasteiger partial charge in [0.2, 0.25) is 5.95 Å². The third kappa shape index (κ3) is 4.25. The first-order valence-corrected chi connectivity index (χ1v) is 9.88. The molecule has 0 saturated carbocycles. The van der Waals surface area contributed by atoms with Crippen molar-refractivity contribution in [3.8, 4) is 17.1 Å². The van der Waals surface area contributed by atoms with E-state index in [2.05, 4.69) is 20.5 Å². The second-order valence-electron chi connectivity index (χ2n) is 6.69. The van der Waals surface area contributed by atoms with Gasteiger partial charge < -0.3 is 9.15 Å². The van der Waals surface area contributed by atoms with Gasteiger partial charge in [0.1, 0.15) is 11.5 Å². The molecule has 0 fully saturated rings. The lowest BCUT2D eigenvalue weighted by Gasteiger charge is -2.08. The molecule has 2 heterocycles. The topological polar surface area (TPSA) is 72.5 Å². The average molecular weight is 441 g/mol. The fourth-order valence-corrected chi connectivity index (χ4v) is 3.60. The Labute approximate surface area is 183 Å². The first-order valence-electron chi connectivity index (χ1n) is 9.12. The molecule has 0 aliphatic heterocycles. The van der Waals surface area contributed by atoms with Crippen molar-refractivity contribution in [1.82, 2.24) is 9.97 Å². The summed E-state index contributed by atoms with van der Waals surface area (Å²) in [5.41, 5.74) is 5.95. The molecule has 0 bridgehead atoms. The predicted molar refractivity (Wildman–Crippen MR) is 119 cm³/mol. The Hall–Kier alpha value is -3.09. The summed E-state index contributed by atoms with van der Waals surface area (Å²) in [6.07, 6.45) is 0. The number of aryl methyl sites for hydroxylation is 2. The van der Waals surface area contributed by atoms with Crippen molar-refractivity contribution in [2.75, 3.05) is 12.5 Å². The molecule has 0 unspecified atom stereocenters. The van der Waals surface area contributed by atoms with Crippen LogP contribution in [0.3, 0.4) is 0 Å². The van der Waals surface area contributed by atoms with E-state index >= 15 is 0 Å². The van der Waals surface area contributed by atoms with Gasteiger partial charge >= 0.3 is 0 Å². The number of ether oxygens (including phenoxy) is 1. The Bertz CT molecular complexity index is 1280. The van der Waals surface area contributed by atoms with E-state index in [9.17, 15) is 0 Å². The largest absolute Gasteiger partial charge is 0.497 e. The fraction of sp³-hybridized carbons (Fsp3) is 0.136. The van der Waals surface area contributed by atoms with Crippen molar-refractivity contribution >= 4 is 40.1 Å². The van der Waals surface area contributed by atoms with E-state index in [-0.39, 0.29) is 0 Å². The molecule has 1 N–H and O–H groups in total. The molecule has 4 rings (SSSR count). The molecule has 0 amide bonds. The molecule has 30 heavy (non-hydrogen) atoms. The van der Waals surface area contributed by atoms with Crippen molar-refractivity contribution in [3.05, 3.63) is 75.3 Å². The van der Waals surface area contributed by atoms with Crippen molar-refractivity contribution in [1.29, 1.82) is 0 Å². The zero-order valence-electron chi connectivity index (χ0n) is 16.5. The van der Waals surface area contributed by atoms with Crippen LogP contribution in [0.1, 0.15) is 11.4 Å². The van der Waals surface area contributed by atoms with E-state index in [1.165, 1.54) is 0 Å². The summed E-state index contributed by atoms with van der Waals surface area (Å²) in [6, 6.07) is 14.6. The van der Waals surface area contributed by atoms with Crippen LogP contribution in [0.15, 0.2) is 58.0 Å². The minimum absolute atomic E-state index is 0.395. The minimum Gasteiger partial charge on any atom is -0.497 e. The zero-order valence-corrected chi connectivity index (χ0v) is 18.0. The second kappa shape index (κ2) is 8.34. The van der Waals surface area contributed by atoms with Gasteiger partial charge in [-0.15, -0.1) is 0 Å². The maximum Gasteiger partial charge on any atom is 0.243 e. The van der Waals surface area contributed by atoms with Crippen molar-refractivity contribution in [2.24, 2.45) is 5.10 Å². The van der Waals surface area contributed by atoms with Crippen LogP contribution in [-0.2, 0) is 0 Å². The number of nitrogens with zero attached hydrogens (tertiary/aromatic N) is 3.